The van der Waals surface area contributed by atoms with Gasteiger partial charge < -0.3 is 20.9 Å². The van der Waals surface area contributed by atoms with E-state index in [1.165, 1.54) is 25.0 Å². The first-order valence-electron chi connectivity index (χ1n) is 9.90. The Balaban J connectivity index is 1.76. The number of nitrogens with two attached hydrogens (primary N) is 1. The van der Waals surface area contributed by atoms with E-state index in [-0.39, 0.29) is 17.8 Å². The van der Waals surface area contributed by atoms with Crippen LogP contribution >= 0.6 is 0 Å². The molecule has 4 N–H and O–H groups in total. The van der Waals surface area contributed by atoms with Crippen LogP contribution in [0.15, 0.2) is 30.3 Å². The van der Waals surface area contributed by atoms with E-state index >= 15 is 0 Å². The first kappa shape index (κ1) is 19.3. The summed E-state index contributed by atoms with van der Waals surface area (Å²) in [6, 6.07) is 8.10. The molecule has 0 radical (unpaired) electrons. The SMILES string of the molecule is C[C@]1(CNCC2CC2)COc2c1cc([C@@](C)(O)CN)nc2-c1ccc(F)cc1. The van der Waals surface area contributed by atoms with Crippen molar-refractivity contribution in [2.24, 2.45) is 11.7 Å². The monoisotopic (exact) mass is 385 g/mol. The Labute approximate surface area is 165 Å². The highest BCUT2D eigenvalue weighted by molar-refractivity contribution is 5.70. The second kappa shape index (κ2) is 7.10. The van der Waals surface area contributed by atoms with Crippen molar-refractivity contribution < 1.29 is 14.2 Å². The van der Waals surface area contributed by atoms with Gasteiger partial charge in [0.2, 0.25) is 0 Å². The van der Waals surface area contributed by atoms with Gasteiger partial charge >= 0.3 is 0 Å². The van der Waals surface area contributed by atoms with Crippen molar-refractivity contribution in [3.8, 4) is 17.0 Å². The fourth-order valence-corrected chi connectivity index (χ4v) is 3.64. The molecular weight excluding hydrogens is 357 g/mol. The molecule has 0 bridgehead atoms. The number of nitrogens with zero attached hydrogens (tertiary/aromatic N) is 1. The number of fused-ring (bicyclic) bond motifs is 1. The summed E-state index contributed by atoms with van der Waals surface area (Å²) in [6.45, 7) is 6.22. The quantitative estimate of drug-likeness (QED) is 0.683. The molecule has 1 aromatic heterocycles. The number of aliphatic hydroxyl groups is 1. The van der Waals surface area contributed by atoms with Gasteiger partial charge in [-0.25, -0.2) is 9.37 Å². The third-order valence-electron chi connectivity index (χ3n) is 5.87. The summed E-state index contributed by atoms with van der Waals surface area (Å²) in [5.74, 6) is 1.20. The van der Waals surface area contributed by atoms with Gasteiger partial charge in [-0.2, -0.15) is 0 Å². The second-order valence-corrected chi connectivity index (χ2v) is 8.64. The zero-order valence-corrected chi connectivity index (χ0v) is 16.5. The molecule has 150 valence electrons. The van der Waals surface area contributed by atoms with Gasteiger partial charge in [-0.1, -0.05) is 6.92 Å². The molecule has 1 fully saturated rings. The third-order valence-corrected chi connectivity index (χ3v) is 5.87. The first-order chi connectivity index (χ1) is 13.3. The normalized spacial score (nSPS) is 23.2. The lowest BCUT2D eigenvalue weighted by atomic mass is 9.82. The lowest BCUT2D eigenvalue weighted by molar-refractivity contribution is 0.0622. The number of hydrogen-bond acceptors (Lipinski definition) is 5. The standard InChI is InChI=1S/C22H28FN3O2/c1-21(12-25-10-14-3-4-14)13-28-20-17(21)9-18(22(2,27)11-24)26-19(20)15-5-7-16(23)8-6-15/h5-9,14,25,27H,3-4,10-13,24H2,1-2H3/t21-,22-/m0/s1. The van der Waals surface area contributed by atoms with Crippen LogP contribution in [0.2, 0.25) is 0 Å². The minimum atomic E-state index is -1.26. The van der Waals surface area contributed by atoms with Crippen LogP contribution < -0.4 is 15.8 Å². The highest BCUT2D eigenvalue weighted by atomic mass is 19.1. The van der Waals surface area contributed by atoms with E-state index in [0.29, 0.717) is 23.7 Å². The van der Waals surface area contributed by atoms with Crippen molar-refractivity contribution in [2.45, 2.75) is 37.7 Å². The van der Waals surface area contributed by atoms with E-state index in [4.69, 9.17) is 10.5 Å². The van der Waals surface area contributed by atoms with Gasteiger partial charge in [0, 0.05) is 29.6 Å². The summed E-state index contributed by atoms with van der Waals surface area (Å²) in [5, 5.41) is 14.3. The predicted octanol–water partition coefficient (Wildman–Crippen LogP) is 2.70. The zero-order chi connectivity index (χ0) is 19.9. The van der Waals surface area contributed by atoms with Crippen LogP contribution in [0.5, 0.6) is 5.75 Å². The van der Waals surface area contributed by atoms with E-state index in [2.05, 4.69) is 17.2 Å². The van der Waals surface area contributed by atoms with Crippen molar-refractivity contribution in [3.05, 3.63) is 47.4 Å². The largest absolute Gasteiger partial charge is 0.490 e. The summed E-state index contributed by atoms with van der Waals surface area (Å²) in [7, 11) is 0. The number of benzene rings is 1. The molecule has 4 rings (SSSR count). The zero-order valence-electron chi connectivity index (χ0n) is 16.5. The molecule has 28 heavy (non-hydrogen) atoms. The molecule has 1 aliphatic carbocycles. The third kappa shape index (κ3) is 3.64. The van der Waals surface area contributed by atoms with Crippen LogP contribution in [0.3, 0.4) is 0 Å². The number of nitrogens with one attached hydrogen (secondary N) is 1. The minimum Gasteiger partial charge on any atom is -0.490 e. The lowest BCUT2D eigenvalue weighted by Gasteiger charge is -2.26. The first-order valence-corrected chi connectivity index (χ1v) is 9.90. The smallest absolute Gasteiger partial charge is 0.149 e. The molecule has 0 amide bonds. The van der Waals surface area contributed by atoms with Crippen molar-refractivity contribution in [1.29, 1.82) is 0 Å². The lowest BCUT2D eigenvalue weighted by Crippen LogP contribution is -2.38. The van der Waals surface area contributed by atoms with Crippen LogP contribution in [0.1, 0.15) is 37.9 Å². The Morgan fingerprint density at radius 1 is 1.36 bits per heavy atom. The highest BCUT2D eigenvalue weighted by Crippen LogP contribution is 2.45. The van der Waals surface area contributed by atoms with Gasteiger partial charge in [-0.3, -0.25) is 0 Å². The van der Waals surface area contributed by atoms with E-state index in [1.807, 2.05) is 6.07 Å². The van der Waals surface area contributed by atoms with Crippen molar-refractivity contribution in [3.63, 3.8) is 0 Å². The number of rotatable bonds is 7. The Morgan fingerprint density at radius 3 is 2.71 bits per heavy atom. The molecule has 1 aromatic carbocycles. The van der Waals surface area contributed by atoms with Crippen LogP contribution in [0.4, 0.5) is 4.39 Å². The van der Waals surface area contributed by atoms with E-state index in [1.54, 1.807) is 19.1 Å². The van der Waals surface area contributed by atoms with Gasteiger partial charge in [0.25, 0.3) is 0 Å². The maximum absolute atomic E-state index is 13.4. The summed E-state index contributed by atoms with van der Waals surface area (Å²) in [6.07, 6.45) is 2.61. The van der Waals surface area contributed by atoms with E-state index in [9.17, 15) is 9.50 Å². The molecule has 5 nitrogen and oxygen atoms in total. The van der Waals surface area contributed by atoms with Crippen molar-refractivity contribution in [1.82, 2.24) is 10.3 Å². The van der Waals surface area contributed by atoms with Crippen LogP contribution in [-0.2, 0) is 11.0 Å². The molecule has 1 saturated carbocycles. The van der Waals surface area contributed by atoms with Gasteiger partial charge in [-0.15, -0.1) is 0 Å². The number of pyridine rings is 1. The average molecular weight is 385 g/mol. The maximum Gasteiger partial charge on any atom is 0.149 e. The fraction of sp³-hybridized carbons (Fsp3) is 0.500. The average Bonchev–Trinajstić information content (AvgIpc) is 3.45. The Hall–Kier alpha value is -2.02. The number of aromatic nitrogens is 1. The van der Waals surface area contributed by atoms with Gasteiger partial charge in [0.15, 0.2) is 0 Å². The van der Waals surface area contributed by atoms with Crippen molar-refractivity contribution in [2.75, 3.05) is 26.2 Å². The van der Waals surface area contributed by atoms with Crippen LogP contribution in [-0.4, -0.2) is 36.3 Å². The fourth-order valence-electron chi connectivity index (χ4n) is 3.64. The molecule has 2 heterocycles. The Kier molecular flexibility index (Phi) is 4.89. The second-order valence-electron chi connectivity index (χ2n) is 8.64. The summed E-state index contributed by atoms with van der Waals surface area (Å²) < 4.78 is 19.5. The maximum atomic E-state index is 13.4. The Bertz CT molecular complexity index is 865. The topological polar surface area (TPSA) is 80.4 Å². The molecule has 2 aromatic rings. The van der Waals surface area contributed by atoms with Gasteiger partial charge in [-0.05, 0) is 62.6 Å². The van der Waals surface area contributed by atoms with Gasteiger partial charge in [0.1, 0.15) is 22.9 Å². The van der Waals surface area contributed by atoms with E-state index in [0.717, 1.165) is 30.1 Å². The molecule has 2 atom stereocenters. The molecule has 1 aliphatic heterocycles. The van der Waals surface area contributed by atoms with E-state index < -0.39 is 5.60 Å². The number of halogens is 1. The van der Waals surface area contributed by atoms with Crippen LogP contribution in [0, 0.1) is 11.7 Å². The Morgan fingerprint density at radius 2 is 2.07 bits per heavy atom. The molecule has 0 unspecified atom stereocenters. The summed E-state index contributed by atoms with van der Waals surface area (Å²) in [4.78, 5) is 4.67. The molecule has 0 spiro atoms. The number of hydrogen-bond donors (Lipinski definition) is 3. The van der Waals surface area contributed by atoms with Crippen LogP contribution in [0.25, 0.3) is 11.3 Å². The molecule has 0 saturated heterocycles. The minimum absolute atomic E-state index is 0.0547. The molecule has 6 heteroatoms. The summed E-state index contributed by atoms with van der Waals surface area (Å²) >= 11 is 0. The molecule has 2 aliphatic rings. The summed E-state index contributed by atoms with van der Waals surface area (Å²) in [5.41, 5.74) is 7.19. The number of ether oxygens (including phenoxy) is 1. The van der Waals surface area contributed by atoms with Gasteiger partial charge in [0.05, 0.1) is 12.3 Å². The predicted molar refractivity (Wildman–Crippen MR) is 107 cm³/mol. The van der Waals surface area contributed by atoms with Crippen molar-refractivity contribution >= 4 is 0 Å². The highest BCUT2D eigenvalue weighted by Gasteiger charge is 2.40. The molecular formula is C22H28FN3O2.